The van der Waals surface area contributed by atoms with Crippen LogP contribution in [0.4, 0.5) is 0 Å². The molecule has 0 unspecified atom stereocenters. The van der Waals surface area contributed by atoms with Gasteiger partial charge in [-0.25, -0.2) is 4.98 Å². The fourth-order valence-electron chi connectivity index (χ4n) is 3.82. The van der Waals surface area contributed by atoms with Crippen molar-refractivity contribution >= 4 is 5.65 Å². The monoisotopic (exact) mass is 378 g/mol. The number of nitrogens with zero attached hydrogens (tertiary/aromatic N) is 3. The molecule has 0 bridgehead atoms. The lowest BCUT2D eigenvalue weighted by atomic mass is 10.1. The highest BCUT2D eigenvalue weighted by Gasteiger charge is 2.18. The summed E-state index contributed by atoms with van der Waals surface area (Å²) in [6.45, 7) is 11.5. The van der Waals surface area contributed by atoms with E-state index in [0.29, 0.717) is 0 Å². The van der Waals surface area contributed by atoms with Crippen LogP contribution in [-0.2, 0) is 6.54 Å². The second kappa shape index (κ2) is 8.33. The van der Waals surface area contributed by atoms with Crippen LogP contribution in [0.25, 0.3) is 16.9 Å². The second-order valence-corrected chi connectivity index (χ2v) is 7.91. The Hall–Kier alpha value is -2.37. The van der Waals surface area contributed by atoms with E-state index in [4.69, 9.17) is 9.72 Å². The van der Waals surface area contributed by atoms with Crippen LogP contribution in [0.1, 0.15) is 31.5 Å². The molecule has 1 N–H and O–H groups in total. The zero-order chi connectivity index (χ0) is 19.5. The van der Waals surface area contributed by atoms with Crippen molar-refractivity contribution in [3.63, 3.8) is 0 Å². The lowest BCUT2D eigenvalue weighted by molar-refractivity contribution is 0.242. The van der Waals surface area contributed by atoms with Crippen molar-refractivity contribution in [1.82, 2.24) is 19.6 Å². The number of aryl methyl sites for hydroxylation is 1. The number of imidazole rings is 1. The van der Waals surface area contributed by atoms with Crippen molar-refractivity contribution in [2.45, 2.75) is 39.8 Å². The van der Waals surface area contributed by atoms with E-state index in [-0.39, 0.29) is 6.10 Å². The van der Waals surface area contributed by atoms with Gasteiger partial charge in [0, 0.05) is 31.4 Å². The third kappa shape index (κ3) is 4.21. The molecule has 5 nitrogen and oxygen atoms in total. The molecule has 1 saturated heterocycles. The molecular weight excluding hydrogens is 348 g/mol. The smallest absolute Gasteiger partial charge is 0.137 e. The highest BCUT2D eigenvalue weighted by molar-refractivity contribution is 5.67. The standard InChI is InChI=1S/C23H30N4O/c1-17(2)28-20-8-6-19(7-9-20)23-21(16-26-13-4-11-24-12-14-26)27-15-18(3)5-10-22(27)25-23/h5-10,15,17,24H,4,11-14,16H2,1-3H3. The van der Waals surface area contributed by atoms with Gasteiger partial charge in [-0.1, -0.05) is 6.07 Å². The molecule has 0 radical (unpaired) electrons. The van der Waals surface area contributed by atoms with Gasteiger partial charge in [-0.15, -0.1) is 0 Å². The van der Waals surface area contributed by atoms with Crippen molar-refractivity contribution in [3.8, 4) is 17.0 Å². The number of aromatic nitrogens is 2. The van der Waals surface area contributed by atoms with Gasteiger partial charge in [0.05, 0.1) is 17.5 Å². The number of benzene rings is 1. The van der Waals surface area contributed by atoms with Crippen LogP contribution >= 0.6 is 0 Å². The van der Waals surface area contributed by atoms with Crippen LogP contribution in [0, 0.1) is 6.92 Å². The first-order valence-electron chi connectivity index (χ1n) is 10.3. The lowest BCUT2D eigenvalue weighted by Crippen LogP contribution is -2.28. The Morgan fingerprint density at radius 1 is 1.07 bits per heavy atom. The molecule has 0 amide bonds. The second-order valence-electron chi connectivity index (χ2n) is 7.91. The summed E-state index contributed by atoms with van der Waals surface area (Å²) in [6, 6.07) is 12.6. The summed E-state index contributed by atoms with van der Waals surface area (Å²) in [5, 5.41) is 3.49. The minimum Gasteiger partial charge on any atom is -0.491 e. The Kier molecular flexibility index (Phi) is 5.64. The molecule has 5 heteroatoms. The number of rotatable bonds is 5. The van der Waals surface area contributed by atoms with E-state index in [2.05, 4.69) is 52.0 Å². The van der Waals surface area contributed by atoms with Gasteiger partial charge in [-0.3, -0.25) is 4.90 Å². The Labute approximate surface area is 167 Å². The van der Waals surface area contributed by atoms with Crippen LogP contribution in [0.15, 0.2) is 42.6 Å². The van der Waals surface area contributed by atoms with Gasteiger partial charge in [-0.2, -0.15) is 0 Å². The molecule has 1 fully saturated rings. The Morgan fingerprint density at radius 2 is 1.89 bits per heavy atom. The van der Waals surface area contributed by atoms with E-state index in [1.807, 2.05) is 26.0 Å². The third-order valence-electron chi connectivity index (χ3n) is 5.17. The Bertz CT molecular complexity index is 922. The summed E-state index contributed by atoms with van der Waals surface area (Å²) in [6.07, 6.45) is 3.57. The van der Waals surface area contributed by atoms with E-state index >= 15 is 0 Å². The zero-order valence-electron chi connectivity index (χ0n) is 17.1. The SMILES string of the molecule is Cc1ccc2nc(-c3ccc(OC(C)C)cc3)c(CN3CCCNCC3)n2c1. The average Bonchev–Trinajstić information content (AvgIpc) is 2.84. The van der Waals surface area contributed by atoms with Crippen LogP contribution in [0.3, 0.4) is 0 Å². The van der Waals surface area contributed by atoms with E-state index in [0.717, 1.165) is 55.4 Å². The average molecular weight is 379 g/mol. The van der Waals surface area contributed by atoms with E-state index in [1.165, 1.54) is 17.7 Å². The molecule has 0 atom stereocenters. The predicted molar refractivity (Wildman–Crippen MR) is 114 cm³/mol. The third-order valence-corrected chi connectivity index (χ3v) is 5.17. The van der Waals surface area contributed by atoms with Gasteiger partial charge in [0.25, 0.3) is 0 Å². The normalized spacial score (nSPS) is 15.9. The molecule has 148 valence electrons. The number of ether oxygens (including phenoxy) is 1. The zero-order valence-corrected chi connectivity index (χ0v) is 17.1. The maximum Gasteiger partial charge on any atom is 0.137 e. The van der Waals surface area contributed by atoms with Crippen LogP contribution in [-0.4, -0.2) is 46.6 Å². The van der Waals surface area contributed by atoms with E-state index < -0.39 is 0 Å². The molecule has 2 aromatic heterocycles. The largest absolute Gasteiger partial charge is 0.491 e. The first-order chi connectivity index (χ1) is 13.6. The van der Waals surface area contributed by atoms with E-state index in [9.17, 15) is 0 Å². The van der Waals surface area contributed by atoms with Gasteiger partial charge in [0.1, 0.15) is 11.4 Å². The number of hydrogen-bond acceptors (Lipinski definition) is 4. The highest BCUT2D eigenvalue weighted by Crippen LogP contribution is 2.28. The van der Waals surface area contributed by atoms with Gasteiger partial charge in [0.2, 0.25) is 0 Å². The fraction of sp³-hybridized carbons (Fsp3) is 0.435. The quantitative estimate of drug-likeness (QED) is 0.731. The van der Waals surface area contributed by atoms with Gasteiger partial charge >= 0.3 is 0 Å². The molecule has 0 aliphatic carbocycles. The number of hydrogen-bond donors (Lipinski definition) is 1. The van der Waals surface area contributed by atoms with Gasteiger partial charge in [0.15, 0.2) is 0 Å². The first-order valence-corrected chi connectivity index (χ1v) is 10.3. The molecule has 1 aliphatic heterocycles. The maximum atomic E-state index is 5.80. The van der Waals surface area contributed by atoms with Crippen LogP contribution in [0.2, 0.25) is 0 Å². The minimum atomic E-state index is 0.177. The van der Waals surface area contributed by atoms with Gasteiger partial charge in [-0.05, 0) is 76.2 Å². The molecule has 3 aromatic rings. The molecule has 0 spiro atoms. The molecule has 3 heterocycles. The number of nitrogens with one attached hydrogen (secondary N) is 1. The summed E-state index contributed by atoms with van der Waals surface area (Å²) in [5.74, 6) is 0.901. The van der Waals surface area contributed by atoms with Gasteiger partial charge < -0.3 is 14.5 Å². The number of pyridine rings is 1. The molecular formula is C23H30N4O. The van der Waals surface area contributed by atoms with Crippen molar-refractivity contribution in [1.29, 1.82) is 0 Å². The maximum absolute atomic E-state index is 5.80. The Morgan fingerprint density at radius 3 is 2.68 bits per heavy atom. The first kappa shape index (κ1) is 19.0. The Balaban J connectivity index is 1.72. The topological polar surface area (TPSA) is 41.8 Å². The molecule has 28 heavy (non-hydrogen) atoms. The fourth-order valence-corrected chi connectivity index (χ4v) is 3.82. The van der Waals surface area contributed by atoms with Crippen molar-refractivity contribution in [2.75, 3.05) is 26.2 Å². The van der Waals surface area contributed by atoms with Crippen LogP contribution in [0.5, 0.6) is 5.75 Å². The minimum absolute atomic E-state index is 0.177. The predicted octanol–water partition coefficient (Wildman–Crippen LogP) is 3.89. The highest BCUT2D eigenvalue weighted by atomic mass is 16.5. The molecule has 1 aliphatic rings. The van der Waals surface area contributed by atoms with Crippen LogP contribution < -0.4 is 10.1 Å². The lowest BCUT2D eigenvalue weighted by Gasteiger charge is -2.20. The van der Waals surface area contributed by atoms with Crippen molar-refractivity contribution < 1.29 is 4.74 Å². The van der Waals surface area contributed by atoms with E-state index in [1.54, 1.807) is 0 Å². The summed E-state index contributed by atoms with van der Waals surface area (Å²) in [5.41, 5.74) is 5.72. The summed E-state index contributed by atoms with van der Waals surface area (Å²) < 4.78 is 8.07. The number of fused-ring (bicyclic) bond motifs is 1. The summed E-state index contributed by atoms with van der Waals surface area (Å²) in [7, 11) is 0. The summed E-state index contributed by atoms with van der Waals surface area (Å²) in [4.78, 5) is 7.52. The summed E-state index contributed by atoms with van der Waals surface area (Å²) >= 11 is 0. The molecule has 4 rings (SSSR count). The molecule has 0 saturated carbocycles. The molecule has 1 aromatic carbocycles. The van der Waals surface area contributed by atoms with Crippen molar-refractivity contribution in [2.24, 2.45) is 0 Å². The van der Waals surface area contributed by atoms with Crippen molar-refractivity contribution in [3.05, 3.63) is 53.9 Å².